The minimum absolute atomic E-state index is 0.229. The van der Waals surface area contributed by atoms with Gasteiger partial charge in [0.15, 0.2) is 5.69 Å². The fraction of sp³-hybridized carbons (Fsp3) is 0.111. The first-order chi connectivity index (χ1) is 11.6. The van der Waals surface area contributed by atoms with Gasteiger partial charge >= 0.3 is 5.97 Å². The van der Waals surface area contributed by atoms with Gasteiger partial charge in [-0.25, -0.2) is 9.48 Å². The van der Waals surface area contributed by atoms with Crippen LogP contribution in [0.2, 0.25) is 10.0 Å². The van der Waals surface area contributed by atoms with E-state index in [9.17, 15) is 4.79 Å². The normalized spacial score (nSPS) is 10.6. The summed E-state index contributed by atoms with van der Waals surface area (Å²) in [7, 11) is 0. The van der Waals surface area contributed by atoms with Gasteiger partial charge in [-0.1, -0.05) is 41.4 Å². The lowest BCUT2D eigenvalue weighted by molar-refractivity contribution is 0.0519. The molecule has 0 atom stereocenters. The van der Waals surface area contributed by atoms with Crippen LogP contribution in [0.15, 0.2) is 54.6 Å². The minimum atomic E-state index is -0.471. The number of hydrogen-bond donors (Lipinski definition) is 0. The number of ether oxygens (including phenoxy) is 1. The molecular formula is C18H14Cl2N2O2. The van der Waals surface area contributed by atoms with Gasteiger partial charge in [0.1, 0.15) is 0 Å². The number of esters is 1. The Morgan fingerprint density at radius 3 is 2.46 bits per heavy atom. The SMILES string of the molecule is CCOC(=O)c1cc(-c2cccc(Cl)c2)n(-c2cccc(Cl)c2)n1. The molecule has 3 aromatic rings. The van der Waals surface area contributed by atoms with E-state index in [4.69, 9.17) is 27.9 Å². The van der Waals surface area contributed by atoms with Gasteiger partial charge < -0.3 is 4.74 Å². The van der Waals surface area contributed by atoms with Crippen LogP contribution in [0, 0.1) is 0 Å². The number of carbonyl (C=O) groups is 1. The lowest BCUT2D eigenvalue weighted by Crippen LogP contribution is -2.06. The van der Waals surface area contributed by atoms with Crippen LogP contribution in [0.25, 0.3) is 16.9 Å². The largest absolute Gasteiger partial charge is 0.461 e. The van der Waals surface area contributed by atoms with Crippen LogP contribution in [0.3, 0.4) is 0 Å². The Morgan fingerprint density at radius 1 is 1.08 bits per heavy atom. The highest BCUT2D eigenvalue weighted by molar-refractivity contribution is 6.31. The predicted molar refractivity (Wildman–Crippen MR) is 95.0 cm³/mol. The molecule has 0 aliphatic rings. The topological polar surface area (TPSA) is 44.1 Å². The van der Waals surface area contributed by atoms with Crippen molar-refractivity contribution in [3.8, 4) is 16.9 Å². The van der Waals surface area contributed by atoms with Crippen molar-refractivity contribution in [2.24, 2.45) is 0 Å². The summed E-state index contributed by atoms with van der Waals surface area (Å²) < 4.78 is 6.71. The van der Waals surface area contributed by atoms with Gasteiger partial charge in [0.25, 0.3) is 0 Å². The van der Waals surface area contributed by atoms with Gasteiger partial charge in [0, 0.05) is 15.6 Å². The summed E-state index contributed by atoms with van der Waals surface area (Å²) in [5, 5.41) is 5.57. The Balaban J connectivity index is 2.16. The summed E-state index contributed by atoms with van der Waals surface area (Å²) in [6.07, 6.45) is 0. The molecule has 1 heterocycles. The van der Waals surface area contributed by atoms with Crippen LogP contribution in [0.4, 0.5) is 0 Å². The Hall–Kier alpha value is -2.30. The van der Waals surface area contributed by atoms with Crippen molar-refractivity contribution < 1.29 is 9.53 Å². The second-order valence-corrected chi connectivity index (χ2v) is 5.91. The third-order valence-electron chi connectivity index (χ3n) is 3.37. The van der Waals surface area contributed by atoms with E-state index in [1.54, 1.807) is 35.9 Å². The van der Waals surface area contributed by atoms with E-state index in [2.05, 4.69) is 5.10 Å². The van der Waals surface area contributed by atoms with E-state index in [0.29, 0.717) is 10.0 Å². The highest BCUT2D eigenvalue weighted by atomic mass is 35.5. The molecule has 0 saturated heterocycles. The summed E-state index contributed by atoms with van der Waals surface area (Å²) in [6.45, 7) is 2.04. The van der Waals surface area contributed by atoms with E-state index in [1.807, 2.05) is 30.3 Å². The number of hydrogen-bond acceptors (Lipinski definition) is 3. The molecule has 6 heteroatoms. The lowest BCUT2D eigenvalue weighted by Gasteiger charge is -2.08. The maximum Gasteiger partial charge on any atom is 0.358 e. The minimum Gasteiger partial charge on any atom is -0.461 e. The van der Waals surface area contributed by atoms with Crippen molar-refractivity contribution in [1.82, 2.24) is 9.78 Å². The third-order valence-corrected chi connectivity index (χ3v) is 3.84. The molecule has 1 aromatic heterocycles. The molecule has 24 heavy (non-hydrogen) atoms. The standard InChI is InChI=1S/C18H14Cl2N2O2/c1-2-24-18(23)16-11-17(12-5-3-6-13(19)9-12)22(21-16)15-8-4-7-14(20)10-15/h3-11H,2H2,1H3. The highest BCUT2D eigenvalue weighted by Crippen LogP contribution is 2.27. The summed E-state index contributed by atoms with van der Waals surface area (Å²) in [5.41, 5.74) is 2.54. The van der Waals surface area contributed by atoms with Gasteiger partial charge in [-0.15, -0.1) is 0 Å². The Morgan fingerprint density at radius 2 is 1.79 bits per heavy atom. The molecule has 0 unspecified atom stereocenters. The summed E-state index contributed by atoms with van der Waals surface area (Å²) >= 11 is 12.2. The number of halogens is 2. The summed E-state index contributed by atoms with van der Waals surface area (Å²) in [4.78, 5) is 12.1. The maximum absolute atomic E-state index is 12.1. The van der Waals surface area contributed by atoms with Gasteiger partial charge in [0.2, 0.25) is 0 Å². The third kappa shape index (κ3) is 3.45. The fourth-order valence-electron chi connectivity index (χ4n) is 2.34. The molecule has 0 spiro atoms. The zero-order valence-electron chi connectivity index (χ0n) is 12.9. The molecule has 0 radical (unpaired) electrons. The van der Waals surface area contributed by atoms with Crippen molar-refractivity contribution in [2.75, 3.05) is 6.61 Å². The summed E-state index contributed by atoms with van der Waals surface area (Å²) in [5.74, 6) is -0.471. The van der Waals surface area contributed by atoms with Crippen LogP contribution < -0.4 is 0 Å². The van der Waals surface area contributed by atoms with E-state index in [1.165, 1.54) is 0 Å². The van der Waals surface area contributed by atoms with Gasteiger partial charge in [-0.3, -0.25) is 0 Å². The molecule has 0 saturated carbocycles. The van der Waals surface area contributed by atoms with Crippen molar-refractivity contribution in [1.29, 1.82) is 0 Å². The predicted octanol–water partition coefficient (Wildman–Crippen LogP) is 5.02. The zero-order chi connectivity index (χ0) is 17.1. The van der Waals surface area contributed by atoms with Crippen LogP contribution in [-0.4, -0.2) is 22.4 Å². The molecular weight excluding hydrogens is 347 g/mol. The molecule has 0 fully saturated rings. The van der Waals surface area contributed by atoms with E-state index in [0.717, 1.165) is 16.9 Å². The molecule has 0 N–H and O–H groups in total. The van der Waals surface area contributed by atoms with E-state index in [-0.39, 0.29) is 12.3 Å². The van der Waals surface area contributed by atoms with Crippen molar-refractivity contribution in [3.05, 3.63) is 70.3 Å². The van der Waals surface area contributed by atoms with Gasteiger partial charge in [-0.05, 0) is 43.3 Å². The average Bonchev–Trinajstić information content (AvgIpc) is 3.00. The van der Waals surface area contributed by atoms with E-state index < -0.39 is 5.97 Å². The van der Waals surface area contributed by atoms with Crippen molar-refractivity contribution >= 4 is 29.2 Å². The van der Waals surface area contributed by atoms with Crippen LogP contribution in [0.5, 0.6) is 0 Å². The smallest absolute Gasteiger partial charge is 0.358 e. The zero-order valence-corrected chi connectivity index (χ0v) is 14.4. The second-order valence-electron chi connectivity index (χ2n) is 5.04. The molecule has 0 bridgehead atoms. The van der Waals surface area contributed by atoms with E-state index >= 15 is 0 Å². The number of carbonyl (C=O) groups excluding carboxylic acids is 1. The second kappa shape index (κ2) is 7.07. The van der Waals surface area contributed by atoms with Crippen LogP contribution >= 0.6 is 23.2 Å². The molecule has 4 nitrogen and oxygen atoms in total. The van der Waals surface area contributed by atoms with Gasteiger partial charge in [0.05, 0.1) is 18.0 Å². The monoisotopic (exact) mass is 360 g/mol. The van der Waals surface area contributed by atoms with Crippen LogP contribution in [0.1, 0.15) is 17.4 Å². The van der Waals surface area contributed by atoms with Crippen LogP contribution in [-0.2, 0) is 4.74 Å². The number of nitrogens with zero attached hydrogens (tertiary/aromatic N) is 2. The molecule has 0 amide bonds. The van der Waals surface area contributed by atoms with Gasteiger partial charge in [-0.2, -0.15) is 5.10 Å². The molecule has 2 aromatic carbocycles. The maximum atomic E-state index is 12.1. The summed E-state index contributed by atoms with van der Waals surface area (Å²) in [6, 6.07) is 16.3. The highest BCUT2D eigenvalue weighted by Gasteiger charge is 2.18. The molecule has 0 aliphatic heterocycles. The number of rotatable bonds is 4. The molecule has 3 rings (SSSR count). The average molecular weight is 361 g/mol. The quantitative estimate of drug-likeness (QED) is 0.613. The number of aromatic nitrogens is 2. The fourth-order valence-corrected chi connectivity index (χ4v) is 2.72. The van der Waals surface area contributed by atoms with Crippen molar-refractivity contribution in [3.63, 3.8) is 0 Å². The first-order valence-electron chi connectivity index (χ1n) is 7.37. The lowest BCUT2D eigenvalue weighted by atomic mass is 10.1. The number of benzene rings is 2. The molecule has 0 aliphatic carbocycles. The Labute approximate surface area is 149 Å². The first-order valence-corrected chi connectivity index (χ1v) is 8.13. The molecule has 122 valence electrons. The Bertz CT molecular complexity index is 827. The van der Waals surface area contributed by atoms with Crippen molar-refractivity contribution in [2.45, 2.75) is 6.92 Å². The Kier molecular flexibility index (Phi) is 4.88. The first kappa shape index (κ1) is 16.6.